The summed E-state index contributed by atoms with van der Waals surface area (Å²) >= 11 is 0. The molecule has 21 heavy (non-hydrogen) atoms. The van der Waals surface area contributed by atoms with Crippen molar-refractivity contribution in [2.45, 2.75) is 52.5 Å². The van der Waals surface area contributed by atoms with E-state index in [1.54, 1.807) is 0 Å². The molecule has 0 saturated carbocycles. The molecule has 0 aliphatic carbocycles. The van der Waals surface area contributed by atoms with E-state index in [4.69, 9.17) is 0 Å². The van der Waals surface area contributed by atoms with E-state index in [0.29, 0.717) is 0 Å². The highest BCUT2D eigenvalue weighted by atomic mass is 16.2. The van der Waals surface area contributed by atoms with Gasteiger partial charge in [-0.1, -0.05) is 0 Å². The quantitative estimate of drug-likeness (QED) is 0.902. The molecule has 0 unspecified atom stereocenters. The predicted molar refractivity (Wildman–Crippen MR) is 84.3 cm³/mol. The lowest BCUT2D eigenvalue weighted by Crippen LogP contribution is -2.54. The Morgan fingerprint density at radius 3 is 2.48 bits per heavy atom. The minimum Gasteiger partial charge on any atom is -0.344 e. The number of likely N-dealkylation sites (N-methyl/N-ethyl adjacent to an activating group) is 1. The Morgan fingerprint density at radius 2 is 1.95 bits per heavy atom. The Balaban J connectivity index is 1.96. The summed E-state index contributed by atoms with van der Waals surface area (Å²) in [6, 6.07) is 0. The molecule has 118 valence electrons. The van der Waals surface area contributed by atoms with Gasteiger partial charge in [-0.05, 0) is 65.6 Å². The minimum absolute atomic E-state index is 0.211. The number of hydrogen-bond acceptors (Lipinski definition) is 3. The van der Waals surface area contributed by atoms with Gasteiger partial charge in [-0.2, -0.15) is 5.10 Å². The van der Waals surface area contributed by atoms with Gasteiger partial charge in [0.1, 0.15) is 0 Å². The third-order valence-electron chi connectivity index (χ3n) is 4.74. The summed E-state index contributed by atoms with van der Waals surface area (Å²) in [6.45, 7) is 10.9. The van der Waals surface area contributed by atoms with Crippen LogP contribution in [0, 0.1) is 13.8 Å². The van der Waals surface area contributed by atoms with Crippen LogP contribution in [-0.4, -0.2) is 58.1 Å². The van der Waals surface area contributed by atoms with Crippen LogP contribution in [0.15, 0.2) is 0 Å². The molecule has 1 aliphatic rings. The first kappa shape index (κ1) is 16.0. The van der Waals surface area contributed by atoms with E-state index in [1.165, 1.54) is 18.4 Å². The maximum atomic E-state index is 12.7. The molecule has 1 amide bonds. The zero-order valence-electron chi connectivity index (χ0n) is 14.0. The number of rotatable bonds is 5. The molecule has 2 heterocycles. The van der Waals surface area contributed by atoms with Crippen LogP contribution in [0.2, 0.25) is 0 Å². The summed E-state index contributed by atoms with van der Waals surface area (Å²) in [7, 11) is 1.91. The Kier molecular flexibility index (Phi) is 4.71. The van der Waals surface area contributed by atoms with Crippen LogP contribution in [-0.2, 0) is 11.2 Å². The molecule has 1 fully saturated rings. The third-order valence-corrected chi connectivity index (χ3v) is 4.74. The van der Waals surface area contributed by atoms with Gasteiger partial charge in [-0.25, -0.2) is 0 Å². The molecule has 1 aromatic heterocycles. The van der Waals surface area contributed by atoms with Crippen molar-refractivity contribution in [3.8, 4) is 0 Å². The van der Waals surface area contributed by atoms with Crippen LogP contribution in [0.25, 0.3) is 0 Å². The molecule has 0 aromatic carbocycles. The summed E-state index contributed by atoms with van der Waals surface area (Å²) in [6.07, 6.45) is 3.26. The Morgan fingerprint density at radius 1 is 1.33 bits per heavy atom. The van der Waals surface area contributed by atoms with E-state index in [0.717, 1.165) is 37.4 Å². The van der Waals surface area contributed by atoms with E-state index in [9.17, 15) is 4.79 Å². The highest BCUT2D eigenvalue weighted by Gasteiger charge is 2.37. The van der Waals surface area contributed by atoms with Gasteiger partial charge >= 0.3 is 0 Å². The Labute approximate surface area is 127 Å². The number of aromatic nitrogens is 2. The highest BCUT2D eigenvalue weighted by Crippen LogP contribution is 2.23. The fourth-order valence-corrected chi connectivity index (χ4v) is 3.20. The molecular formula is C16H28N4O. The van der Waals surface area contributed by atoms with Gasteiger partial charge in [0.2, 0.25) is 5.91 Å². The molecule has 0 spiro atoms. The van der Waals surface area contributed by atoms with Crippen molar-refractivity contribution in [1.29, 1.82) is 0 Å². The molecule has 0 atom stereocenters. The molecule has 0 bridgehead atoms. The molecule has 1 saturated heterocycles. The lowest BCUT2D eigenvalue weighted by Gasteiger charge is -2.37. The highest BCUT2D eigenvalue weighted by molar-refractivity contribution is 5.85. The maximum absolute atomic E-state index is 12.7. The lowest BCUT2D eigenvalue weighted by atomic mass is 10.0. The molecule has 5 nitrogen and oxygen atoms in total. The zero-order valence-corrected chi connectivity index (χ0v) is 14.0. The number of aromatic amines is 1. The first-order chi connectivity index (χ1) is 9.84. The summed E-state index contributed by atoms with van der Waals surface area (Å²) in [5.74, 6) is 0.211. The standard InChI is InChI=1S/C16H28N4O/c1-12-14(13(2)18-17-12)8-11-19(5)15(21)16(3,4)20-9-6-7-10-20/h6-11H2,1-5H3,(H,17,18). The molecule has 1 aromatic rings. The topological polar surface area (TPSA) is 52.2 Å². The zero-order chi connectivity index (χ0) is 15.6. The summed E-state index contributed by atoms with van der Waals surface area (Å²) in [5, 5.41) is 7.22. The van der Waals surface area contributed by atoms with E-state index < -0.39 is 5.54 Å². The molecular weight excluding hydrogens is 264 g/mol. The van der Waals surface area contributed by atoms with Crippen LogP contribution >= 0.6 is 0 Å². The number of carbonyl (C=O) groups is 1. The normalized spacial score (nSPS) is 16.4. The smallest absolute Gasteiger partial charge is 0.242 e. The average molecular weight is 292 g/mol. The van der Waals surface area contributed by atoms with Crippen molar-refractivity contribution < 1.29 is 4.79 Å². The van der Waals surface area contributed by atoms with Crippen LogP contribution < -0.4 is 0 Å². The number of carbonyl (C=O) groups excluding carboxylic acids is 1. The van der Waals surface area contributed by atoms with Crippen molar-refractivity contribution in [2.24, 2.45) is 0 Å². The second-order valence-corrected chi connectivity index (χ2v) is 6.64. The van der Waals surface area contributed by atoms with Crippen molar-refractivity contribution in [3.05, 3.63) is 17.0 Å². The molecule has 1 N–H and O–H groups in total. The van der Waals surface area contributed by atoms with E-state index in [1.807, 2.05) is 39.6 Å². The van der Waals surface area contributed by atoms with Gasteiger partial charge in [-0.3, -0.25) is 14.8 Å². The first-order valence-electron chi connectivity index (χ1n) is 7.85. The molecule has 0 radical (unpaired) electrons. The molecule has 1 aliphatic heterocycles. The summed E-state index contributed by atoms with van der Waals surface area (Å²) < 4.78 is 0. The fourth-order valence-electron chi connectivity index (χ4n) is 3.20. The second-order valence-electron chi connectivity index (χ2n) is 6.64. The van der Waals surface area contributed by atoms with E-state index in [-0.39, 0.29) is 5.91 Å². The van der Waals surface area contributed by atoms with Gasteiger partial charge < -0.3 is 4.90 Å². The SMILES string of the molecule is Cc1n[nH]c(C)c1CCN(C)C(=O)C(C)(C)N1CCCC1. The number of nitrogens with zero attached hydrogens (tertiary/aromatic N) is 3. The molecule has 2 rings (SSSR count). The van der Waals surface area contributed by atoms with Crippen LogP contribution in [0.4, 0.5) is 0 Å². The monoisotopic (exact) mass is 292 g/mol. The number of likely N-dealkylation sites (tertiary alicyclic amines) is 1. The Hall–Kier alpha value is -1.36. The van der Waals surface area contributed by atoms with E-state index in [2.05, 4.69) is 15.1 Å². The number of H-pyrrole nitrogens is 1. The van der Waals surface area contributed by atoms with Crippen molar-refractivity contribution >= 4 is 5.91 Å². The van der Waals surface area contributed by atoms with Gasteiger partial charge in [0.15, 0.2) is 0 Å². The van der Waals surface area contributed by atoms with Crippen molar-refractivity contribution in [1.82, 2.24) is 20.0 Å². The van der Waals surface area contributed by atoms with E-state index >= 15 is 0 Å². The molecule has 5 heteroatoms. The van der Waals surface area contributed by atoms with Gasteiger partial charge in [0.05, 0.1) is 11.2 Å². The average Bonchev–Trinajstić information content (AvgIpc) is 3.07. The van der Waals surface area contributed by atoms with Gasteiger partial charge in [0.25, 0.3) is 0 Å². The maximum Gasteiger partial charge on any atom is 0.242 e. The summed E-state index contributed by atoms with van der Waals surface area (Å²) in [4.78, 5) is 16.9. The van der Waals surface area contributed by atoms with Crippen molar-refractivity contribution in [2.75, 3.05) is 26.7 Å². The number of amides is 1. The number of nitrogens with one attached hydrogen (secondary N) is 1. The fraction of sp³-hybridized carbons (Fsp3) is 0.750. The minimum atomic E-state index is -0.397. The number of hydrogen-bond donors (Lipinski definition) is 1. The third kappa shape index (κ3) is 3.28. The Bertz CT molecular complexity index is 481. The lowest BCUT2D eigenvalue weighted by molar-refractivity contribution is -0.140. The van der Waals surface area contributed by atoms with Crippen LogP contribution in [0.3, 0.4) is 0 Å². The predicted octanol–water partition coefficient (Wildman–Crippen LogP) is 1.90. The largest absolute Gasteiger partial charge is 0.344 e. The van der Waals surface area contributed by atoms with Crippen LogP contribution in [0.1, 0.15) is 43.6 Å². The van der Waals surface area contributed by atoms with Gasteiger partial charge in [-0.15, -0.1) is 0 Å². The van der Waals surface area contributed by atoms with Crippen molar-refractivity contribution in [3.63, 3.8) is 0 Å². The first-order valence-corrected chi connectivity index (χ1v) is 7.85. The number of aryl methyl sites for hydroxylation is 2. The van der Waals surface area contributed by atoms with Gasteiger partial charge in [0, 0.05) is 19.3 Å². The van der Waals surface area contributed by atoms with Crippen LogP contribution in [0.5, 0.6) is 0 Å². The summed E-state index contributed by atoms with van der Waals surface area (Å²) in [5.41, 5.74) is 2.97. The second kappa shape index (κ2) is 6.18.